The first-order valence-electron chi connectivity index (χ1n) is 3.89. The van der Waals surface area contributed by atoms with Crippen LogP contribution in [0.15, 0.2) is 0 Å². The normalized spacial score (nSPS) is 35.5. The Morgan fingerprint density at radius 3 is 2.55 bits per heavy atom. The number of rotatable bonds is 2. The number of nitrogens with two attached hydrogens (primary N) is 1. The maximum absolute atomic E-state index is 11.1. The fourth-order valence-electron chi connectivity index (χ4n) is 1.56. The first kappa shape index (κ1) is 8.53. The molecule has 0 aromatic rings. The average molecular weight is 157 g/mol. The Labute approximate surface area is 66.9 Å². The van der Waals surface area contributed by atoms with E-state index in [9.17, 15) is 4.79 Å². The molecule has 0 aromatic heterocycles. The van der Waals surface area contributed by atoms with Crippen molar-refractivity contribution in [3.63, 3.8) is 0 Å². The molecule has 2 atom stereocenters. The van der Waals surface area contributed by atoms with Crippen LogP contribution in [0.5, 0.6) is 0 Å². The SMILES string of the molecule is COC(=O)[C@@]1(N)C[C@@H]1C(C)C. The zero-order valence-electron chi connectivity index (χ0n) is 7.26. The van der Waals surface area contributed by atoms with Crippen LogP contribution in [0, 0.1) is 11.8 Å². The van der Waals surface area contributed by atoms with Crippen LogP contribution in [0.2, 0.25) is 0 Å². The second-order valence-electron chi connectivity index (χ2n) is 3.59. The van der Waals surface area contributed by atoms with Crippen molar-refractivity contribution in [2.24, 2.45) is 17.6 Å². The summed E-state index contributed by atoms with van der Waals surface area (Å²) >= 11 is 0. The molecule has 2 N–H and O–H groups in total. The molecule has 0 radical (unpaired) electrons. The average Bonchev–Trinajstić information content (AvgIpc) is 2.62. The summed E-state index contributed by atoms with van der Waals surface area (Å²) in [7, 11) is 1.38. The molecule has 0 heterocycles. The molecule has 64 valence electrons. The quantitative estimate of drug-likeness (QED) is 0.595. The molecule has 3 nitrogen and oxygen atoms in total. The van der Waals surface area contributed by atoms with Crippen molar-refractivity contribution in [2.45, 2.75) is 25.8 Å². The lowest BCUT2D eigenvalue weighted by atomic mass is 10.0. The van der Waals surface area contributed by atoms with Crippen molar-refractivity contribution in [1.82, 2.24) is 0 Å². The van der Waals surface area contributed by atoms with Gasteiger partial charge >= 0.3 is 5.97 Å². The summed E-state index contributed by atoms with van der Waals surface area (Å²) in [6.07, 6.45) is 0.775. The van der Waals surface area contributed by atoms with Crippen LogP contribution >= 0.6 is 0 Å². The van der Waals surface area contributed by atoms with Crippen LogP contribution in [0.1, 0.15) is 20.3 Å². The van der Waals surface area contributed by atoms with Gasteiger partial charge < -0.3 is 10.5 Å². The number of hydrogen-bond acceptors (Lipinski definition) is 3. The molecule has 1 rings (SSSR count). The Morgan fingerprint density at radius 2 is 2.27 bits per heavy atom. The van der Waals surface area contributed by atoms with Gasteiger partial charge in [-0.1, -0.05) is 13.8 Å². The zero-order chi connectivity index (χ0) is 8.65. The predicted octanol–water partition coefficient (Wildman–Crippen LogP) is 0.533. The fraction of sp³-hybridized carbons (Fsp3) is 0.875. The number of methoxy groups -OCH3 is 1. The summed E-state index contributed by atoms with van der Waals surface area (Å²) in [5.41, 5.74) is 5.11. The first-order chi connectivity index (χ1) is 5.02. The van der Waals surface area contributed by atoms with E-state index < -0.39 is 5.54 Å². The number of carbonyl (C=O) groups excluding carboxylic acids is 1. The highest BCUT2D eigenvalue weighted by Gasteiger charge is 2.59. The number of hydrogen-bond donors (Lipinski definition) is 1. The van der Waals surface area contributed by atoms with Crippen molar-refractivity contribution in [1.29, 1.82) is 0 Å². The van der Waals surface area contributed by atoms with Gasteiger partial charge in [-0.25, -0.2) is 0 Å². The smallest absolute Gasteiger partial charge is 0.326 e. The molecule has 0 saturated heterocycles. The number of ether oxygens (including phenoxy) is 1. The third-order valence-electron chi connectivity index (χ3n) is 2.43. The van der Waals surface area contributed by atoms with Gasteiger partial charge in [-0.3, -0.25) is 4.79 Å². The standard InChI is InChI=1S/C8H15NO2/c1-5(2)6-4-8(6,9)7(10)11-3/h5-6H,4,9H2,1-3H3/t6-,8-/m1/s1. The van der Waals surface area contributed by atoms with Crippen molar-refractivity contribution in [3.8, 4) is 0 Å². The largest absolute Gasteiger partial charge is 0.468 e. The summed E-state index contributed by atoms with van der Waals surface area (Å²) in [6, 6.07) is 0. The molecule has 0 amide bonds. The minimum Gasteiger partial charge on any atom is -0.468 e. The Kier molecular flexibility index (Phi) is 1.92. The molecule has 0 bridgehead atoms. The first-order valence-corrected chi connectivity index (χ1v) is 3.89. The van der Waals surface area contributed by atoms with Crippen molar-refractivity contribution < 1.29 is 9.53 Å². The maximum Gasteiger partial charge on any atom is 0.326 e. The summed E-state index contributed by atoms with van der Waals surface area (Å²) in [5, 5.41) is 0. The van der Waals surface area contributed by atoms with Gasteiger partial charge in [0.1, 0.15) is 5.54 Å². The molecule has 0 unspecified atom stereocenters. The Hall–Kier alpha value is -0.570. The molecular weight excluding hydrogens is 142 g/mol. The molecule has 1 aliphatic rings. The van der Waals surface area contributed by atoms with Crippen molar-refractivity contribution >= 4 is 5.97 Å². The van der Waals surface area contributed by atoms with Crippen LogP contribution in [0.3, 0.4) is 0 Å². The summed E-state index contributed by atoms with van der Waals surface area (Å²) < 4.78 is 4.59. The fourth-order valence-corrected chi connectivity index (χ4v) is 1.56. The van der Waals surface area contributed by atoms with Gasteiger partial charge in [0.25, 0.3) is 0 Å². The molecule has 11 heavy (non-hydrogen) atoms. The van der Waals surface area contributed by atoms with E-state index >= 15 is 0 Å². The van der Waals surface area contributed by atoms with E-state index in [-0.39, 0.29) is 5.97 Å². The number of esters is 1. The molecular formula is C8H15NO2. The third-order valence-corrected chi connectivity index (χ3v) is 2.43. The van der Waals surface area contributed by atoms with Crippen molar-refractivity contribution in [3.05, 3.63) is 0 Å². The Morgan fingerprint density at radius 1 is 1.73 bits per heavy atom. The Balaban J connectivity index is 2.55. The maximum atomic E-state index is 11.1. The van der Waals surface area contributed by atoms with E-state index in [2.05, 4.69) is 18.6 Å². The van der Waals surface area contributed by atoms with Crippen LogP contribution in [0.25, 0.3) is 0 Å². The van der Waals surface area contributed by atoms with E-state index in [1.807, 2.05) is 0 Å². The van der Waals surface area contributed by atoms with Gasteiger partial charge in [-0.2, -0.15) is 0 Å². The van der Waals surface area contributed by atoms with E-state index in [0.717, 1.165) is 6.42 Å². The lowest BCUT2D eigenvalue weighted by Gasteiger charge is -2.10. The Bertz CT molecular complexity index is 179. The molecule has 0 spiro atoms. The molecule has 1 saturated carbocycles. The lowest BCUT2D eigenvalue weighted by Crippen LogP contribution is -2.37. The number of carbonyl (C=O) groups is 1. The molecule has 1 aliphatic carbocycles. The predicted molar refractivity (Wildman–Crippen MR) is 41.9 cm³/mol. The highest BCUT2D eigenvalue weighted by Crippen LogP contribution is 2.46. The van der Waals surface area contributed by atoms with Gasteiger partial charge in [0.05, 0.1) is 7.11 Å². The minimum absolute atomic E-state index is 0.267. The molecule has 0 aromatic carbocycles. The van der Waals surface area contributed by atoms with Gasteiger partial charge in [-0.05, 0) is 18.3 Å². The monoisotopic (exact) mass is 157 g/mol. The highest BCUT2D eigenvalue weighted by atomic mass is 16.5. The van der Waals surface area contributed by atoms with Crippen LogP contribution in [-0.4, -0.2) is 18.6 Å². The zero-order valence-corrected chi connectivity index (χ0v) is 7.26. The highest BCUT2D eigenvalue weighted by molar-refractivity contribution is 5.84. The van der Waals surface area contributed by atoms with Gasteiger partial charge in [0, 0.05) is 0 Å². The van der Waals surface area contributed by atoms with Gasteiger partial charge in [0.15, 0.2) is 0 Å². The minimum atomic E-state index is -0.664. The topological polar surface area (TPSA) is 52.3 Å². The van der Waals surface area contributed by atoms with E-state index in [1.54, 1.807) is 0 Å². The van der Waals surface area contributed by atoms with Crippen molar-refractivity contribution in [2.75, 3.05) is 7.11 Å². The van der Waals surface area contributed by atoms with Gasteiger partial charge in [0.2, 0.25) is 0 Å². The second-order valence-corrected chi connectivity index (χ2v) is 3.59. The molecule has 3 heteroatoms. The summed E-state index contributed by atoms with van der Waals surface area (Å²) in [4.78, 5) is 11.1. The van der Waals surface area contributed by atoms with Gasteiger partial charge in [-0.15, -0.1) is 0 Å². The molecule has 1 fully saturated rings. The third kappa shape index (κ3) is 1.25. The van der Waals surface area contributed by atoms with Crippen LogP contribution in [-0.2, 0) is 9.53 Å². The summed E-state index contributed by atoms with van der Waals surface area (Å²) in [6.45, 7) is 4.14. The van der Waals surface area contributed by atoms with Crippen LogP contribution < -0.4 is 5.73 Å². The van der Waals surface area contributed by atoms with Crippen LogP contribution in [0.4, 0.5) is 0 Å². The van der Waals surface area contributed by atoms with E-state index in [1.165, 1.54) is 7.11 Å². The molecule has 0 aliphatic heterocycles. The lowest BCUT2D eigenvalue weighted by molar-refractivity contribution is -0.143. The van der Waals surface area contributed by atoms with E-state index in [4.69, 9.17) is 5.73 Å². The second kappa shape index (κ2) is 2.48. The van der Waals surface area contributed by atoms with E-state index in [0.29, 0.717) is 11.8 Å². The summed E-state index contributed by atoms with van der Waals surface area (Å²) in [5.74, 6) is 0.519.